The molecule has 2 fully saturated rings. The average molecular weight is 524 g/mol. The minimum atomic E-state index is -0.903. The van der Waals surface area contributed by atoms with E-state index in [9.17, 15) is 24.9 Å². The summed E-state index contributed by atoms with van der Waals surface area (Å²) in [6.45, 7) is 5.97. The molecule has 9 nitrogen and oxygen atoms in total. The molecule has 0 spiro atoms. The van der Waals surface area contributed by atoms with Crippen molar-refractivity contribution in [2.75, 3.05) is 13.2 Å². The third kappa shape index (κ3) is 11.1. The predicted octanol–water partition coefficient (Wildman–Crippen LogP) is 2.21. The van der Waals surface area contributed by atoms with Crippen LogP contribution in [0.4, 0.5) is 0 Å². The van der Waals surface area contributed by atoms with Crippen molar-refractivity contribution in [1.82, 2.24) is 0 Å². The van der Waals surface area contributed by atoms with Crippen molar-refractivity contribution in [2.45, 2.75) is 115 Å². The van der Waals surface area contributed by atoms with E-state index in [1.807, 2.05) is 6.92 Å². The Balaban J connectivity index is 0.00000648. The molecule has 4 N–H and O–H groups in total. The second-order valence-corrected chi connectivity index (χ2v) is 10.2. The quantitative estimate of drug-likeness (QED) is 0.117. The second-order valence-electron chi connectivity index (χ2n) is 10.2. The van der Waals surface area contributed by atoms with Gasteiger partial charge in [-0.15, -0.1) is 0 Å². The number of fused-ring (bicyclic) bond motifs is 1. The van der Waals surface area contributed by atoms with Gasteiger partial charge in [-0.05, 0) is 39.5 Å². The van der Waals surface area contributed by atoms with Crippen LogP contribution < -0.4 is 0 Å². The summed E-state index contributed by atoms with van der Waals surface area (Å²) in [5.41, 5.74) is 0.737. The topological polar surface area (TPSA) is 143 Å². The van der Waals surface area contributed by atoms with Crippen LogP contribution in [0.1, 0.15) is 78.6 Å². The fourth-order valence-corrected chi connectivity index (χ4v) is 4.85. The molecule has 0 bridgehead atoms. The van der Waals surface area contributed by atoms with Gasteiger partial charge in [0, 0.05) is 53.9 Å². The third-order valence-corrected chi connectivity index (χ3v) is 7.14. The standard InChI is InChI=1S/C26H44O9.Na/c1-16(13-23(31)33-11-9-7-5-4-6-8-10-22(29)30)12-21-24(32)26-19(15-34-21)14-20(28)25(35-26)17(2)18(3)27;/h13,17-21,24-28,32H,4-12,14-15H2,1-3H3,(H,29,30);/b16-13+;/t17-,18-,19-,20-,21-,24-,25+,26+;/m0./s1. The summed E-state index contributed by atoms with van der Waals surface area (Å²) in [4.78, 5) is 22.6. The third-order valence-electron chi connectivity index (χ3n) is 7.14. The van der Waals surface area contributed by atoms with E-state index in [1.54, 1.807) is 13.8 Å². The Kier molecular flexibility index (Phi) is 16.0. The fraction of sp³-hybridized carbons (Fsp3) is 0.846. The van der Waals surface area contributed by atoms with Gasteiger partial charge in [0.05, 0.1) is 43.7 Å². The van der Waals surface area contributed by atoms with E-state index in [1.165, 1.54) is 6.08 Å². The molecule has 2 rings (SSSR count). The molecule has 2 saturated heterocycles. The molecule has 2 heterocycles. The van der Waals surface area contributed by atoms with Crippen molar-refractivity contribution in [3.05, 3.63) is 11.6 Å². The number of hydrogen-bond donors (Lipinski definition) is 4. The van der Waals surface area contributed by atoms with Gasteiger partial charge in [0.15, 0.2) is 0 Å². The van der Waals surface area contributed by atoms with Gasteiger partial charge in [0.25, 0.3) is 0 Å². The normalized spacial score (nSPS) is 30.0. The molecular formula is C26H44NaO9. The number of aliphatic hydroxyl groups is 3. The first-order valence-electron chi connectivity index (χ1n) is 13.0. The van der Waals surface area contributed by atoms with Gasteiger partial charge in [-0.1, -0.05) is 38.2 Å². The first-order chi connectivity index (χ1) is 16.6. The van der Waals surface area contributed by atoms with Gasteiger partial charge < -0.3 is 34.6 Å². The van der Waals surface area contributed by atoms with E-state index in [-0.39, 0.29) is 47.8 Å². The minimum absolute atomic E-state index is 0. The average Bonchev–Trinajstić information content (AvgIpc) is 2.78. The van der Waals surface area contributed by atoms with Crippen LogP contribution in [0.5, 0.6) is 0 Å². The van der Waals surface area contributed by atoms with Gasteiger partial charge in [0.1, 0.15) is 6.10 Å². The van der Waals surface area contributed by atoms with Gasteiger partial charge in [-0.2, -0.15) is 0 Å². The summed E-state index contributed by atoms with van der Waals surface area (Å²) >= 11 is 0. The van der Waals surface area contributed by atoms with Crippen molar-refractivity contribution >= 4 is 41.5 Å². The van der Waals surface area contributed by atoms with E-state index in [4.69, 9.17) is 19.3 Å². The Morgan fingerprint density at radius 1 is 1.08 bits per heavy atom. The Labute approximate surface area is 236 Å². The number of aliphatic hydroxyl groups excluding tert-OH is 3. The maximum absolute atomic E-state index is 12.1. The number of carboxylic acids is 1. The maximum Gasteiger partial charge on any atom is 0.330 e. The zero-order valence-corrected chi connectivity index (χ0v) is 24.3. The first-order valence-corrected chi connectivity index (χ1v) is 13.0. The van der Waals surface area contributed by atoms with Crippen LogP contribution in [0.2, 0.25) is 0 Å². The molecule has 1 radical (unpaired) electrons. The van der Waals surface area contributed by atoms with E-state index >= 15 is 0 Å². The van der Waals surface area contributed by atoms with Crippen molar-refractivity contribution in [1.29, 1.82) is 0 Å². The monoisotopic (exact) mass is 523 g/mol. The number of carboxylic acid groups (broad SMARTS) is 1. The van der Waals surface area contributed by atoms with Crippen molar-refractivity contribution in [2.24, 2.45) is 11.8 Å². The Morgan fingerprint density at radius 2 is 1.72 bits per heavy atom. The molecule has 0 saturated carbocycles. The van der Waals surface area contributed by atoms with Crippen LogP contribution in [-0.4, -0.2) is 112 Å². The molecule has 10 heteroatoms. The number of esters is 1. The van der Waals surface area contributed by atoms with Crippen LogP contribution >= 0.6 is 0 Å². The molecule has 0 unspecified atom stereocenters. The van der Waals surface area contributed by atoms with E-state index in [0.29, 0.717) is 32.5 Å². The van der Waals surface area contributed by atoms with E-state index in [2.05, 4.69) is 0 Å². The number of unbranched alkanes of at least 4 members (excludes halogenated alkanes) is 5. The van der Waals surface area contributed by atoms with Crippen LogP contribution in [-0.2, 0) is 23.8 Å². The summed E-state index contributed by atoms with van der Waals surface area (Å²) < 4.78 is 17.2. The van der Waals surface area contributed by atoms with Gasteiger partial charge in [-0.25, -0.2) is 4.79 Å². The summed E-state index contributed by atoms with van der Waals surface area (Å²) in [7, 11) is 0. The minimum Gasteiger partial charge on any atom is -0.481 e. The summed E-state index contributed by atoms with van der Waals surface area (Å²) in [5.74, 6) is -1.57. The molecule has 2 aliphatic heterocycles. The van der Waals surface area contributed by atoms with Gasteiger partial charge >= 0.3 is 11.9 Å². The van der Waals surface area contributed by atoms with Gasteiger partial charge in [-0.3, -0.25) is 4.79 Å². The maximum atomic E-state index is 12.1. The molecule has 0 aliphatic carbocycles. The first kappa shape index (κ1) is 33.5. The van der Waals surface area contributed by atoms with Crippen LogP contribution in [0.3, 0.4) is 0 Å². The zero-order chi connectivity index (χ0) is 26.0. The Morgan fingerprint density at radius 3 is 2.36 bits per heavy atom. The number of ether oxygens (including phenoxy) is 3. The van der Waals surface area contributed by atoms with Crippen LogP contribution in [0.15, 0.2) is 11.6 Å². The van der Waals surface area contributed by atoms with Crippen molar-refractivity contribution in [3.8, 4) is 0 Å². The number of rotatable bonds is 14. The van der Waals surface area contributed by atoms with E-state index in [0.717, 1.165) is 37.7 Å². The molecule has 0 aromatic rings. The van der Waals surface area contributed by atoms with Crippen molar-refractivity contribution in [3.63, 3.8) is 0 Å². The number of carbonyl (C=O) groups is 2. The molecule has 203 valence electrons. The molecule has 2 aliphatic rings. The SMILES string of the molecule is C/C(=C\C(=O)OCCCCCCCCC(=O)O)C[C@@H]1OC[C@@H]2C[C@H](O)[C@@H]([C@@H](C)[C@H](C)O)O[C@H]2[C@H]1O.[Na]. The van der Waals surface area contributed by atoms with Crippen molar-refractivity contribution < 1.29 is 44.2 Å². The molecule has 0 aromatic heterocycles. The summed E-state index contributed by atoms with van der Waals surface area (Å²) in [6, 6.07) is 0. The molecule has 36 heavy (non-hydrogen) atoms. The Hall–Kier alpha value is -0.520. The molecule has 8 atom stereocenters. The molecule has 0 amide bonds. The van der Waals surface area contributed by atoms with Gasteiger partial charge in [0.2, 0.25) is 0 Å². The number of carbonyl (C=O) groups excluding carboxylic acids is 1. The summed E-state index contributed by atoms with van der Waals surface area (Å²) in [5, 5.41) is 39.9. The number of aliphatic carboxylic acids is 1. The fourth-order valence-electron chi connectivity index (χ4n) is 4.85. The zero-order valence-electron chi connectivity index (χ0n) is 22.3. The molecular weight excluding hydrogens is 479 g/mol. The second kappa shape index (κ2) is 17.1. The smallest absolute Gasteiger partial charge is 0.330 e. The molecule has 0 aromatic carbocycles. The largest absolute Gasteiger partial charge is 0.481 e. The Bertz CT molecular complexity index is 699. The van der Waals surface area contributed by atoms with Crippen LogP contribution in [0.25, 0.3) is 0 Å². The predicted molar refractivity (Wildman–Crippen MR) is 134 cm³/mol. The van der Waals surface area contributed by atoms with Crippen LogP contribution in [0, 0.1) is 11.8 Å². The number of hydrogen-bond acceptors (Lipinski definition) is 8. The van der Waals surface area contributed by atoms with E-state index < -0.39 is 48.6 Å². The summed E-state index contributed by atoms with van der Waals surface area (Å²) in [6.07, 6.45) is 3.86.